The van der Waals surface area contributed by atoms with Crippen molar-refractivity contribution in [3.63, 3.8) is 0 Å². The van der Waals surface area contributed by atoms with E-state index >= 15 is 0 Å². The first-order valence-corrected chi connectivity index (χ1v) is 5.87. The van der Waals surface area contributed by atoms with Crippen LogP contribution in [0.25, 0.3) is 0 Å². The number of aryl methyl sites for hydroxylation is 4. The molecule has 0 aliphatic rings. The van der Waals surface area contributed by atoms with E-state index in [2.05, 4.69) is 10.1 Å². The van der Waals surface area contributed by atoms with Crippen LogP contribution >= 0.6 is 0 Å². The predicted octanol–water partition coefficient (Wildman–Crippen LogP) is 1.99. The number of pyridine rings is 1. The van der Waals surface area contributed by atoms with E-state index in [-0.39, 0.29) is 0 Å². The van der Waals surface area contributed by atoms with Gasteiger partial charge in [0.1, 0.15) is 0 Å². The van der Waals surface area contributed by atoms with Crippen molar-refractivity contribution in [3.05, 3.63) is 34.6 Å². The summed E-state index contributed by atoms with van der Waals surface area (Å²) in [5.74, 6) is 1.23. The Kier molecular flexibility index (Phi) is 3.34. The number of aromatic nitrogens is 3. The van der Waals surface area contributed by atoms with E-state index < -0.39 is 0 Å². The second-order valence-electron chi connectivity index (χ2n) is 4.42. The summed E-state index contributed by atoms with van der Waals surface area (Å²) in [6, 6.07) is 3.88. The molecule has 0 radical (unpaired) electrons. The maximum Gasteiger partial charge on any atom is 0.226 e. The summed E-state index contributed by atoms with van der Waals surface area (Å²) < 4.78 is 7.51. The normalized spacial score (nSPS) is 10.7. The molecule has 0 aliphatic carbocycles. The molecule has 0 unspecified atom stereocenters. The first-order valence-electron chi connectivity index (χ1n) is 5.87. The van der Waals surface area contributed by atoms with Crippen LogP contribution in [0.3, 0.4) is 0 Å². The summed E-state index contributed by atoms with van der Waals surface area (Å²) in [7, 11) is 1.84. The van der Waals surface area contributed by atoms with Crippen LogP contribution in [-0.4, -0.2) is 14.8 Å². The molecule has 2 rings (SSSR count). The standard InChI is InChI=1S/C13H18N4O/c1-8-5-9(2)15-13(11(8)7-14)18-12-6-10(3)16-17(12)4/h5-6H,7,14H2,1-4H3. The van der Waals surface area contributed by atoms with E-state index in [0.717, 1.165) is 22.5 Å². The van der Waals surface area contributed by atoms with Crippen molar-refractivity contribution in [3.8, 4) is 11.8 Å². The van der Waals surface area contributed by atoms with Gasteiger partial charge >= 0.3 is 0 Å². The molecular weight excluding hydrogens is 228 g/mol. The van der Waals surface area contributed by atoms with Gasteiger partial charge in [0.25, 0.3) is 0 Å². The van der Waals surface area contributed by atoms with Crippen LogP contribution in [0.2, 0.25) is 0 Å². The number of ether oxygens (including phenoxy) is 1. The van der Waals surface area contributed by atoms with Crippen LogP contribution in [0.15, 0.2) is 12.1 Å². The van der Waals surface area contributed by atoms with E-state index in [1.54, 1.807) is 4.68 Å². The van der Waals surface area contributed by atoms with Gasteiger partial charge in [-0.05, 0) is 32.4 Å². The molecule has 0 aromatic carbocycles. The van der Waals surface area contributed by atoms with Crippen LogP contribution in [-0.2, 0) is 13.6 Å². The van der Waals surface area contributed by atoms with Gasteiger partial charge in [0.15, 0.2) is 0 Å². The van der Waals surface area contributed by atoms with E-state index in [1.807, 2.05) is 40.0 Å². The lowest BCUT2D eigenvalue weighted by atomic mass is 10.1. The number of nitrogens with zero attached hydrogens (tertiary/aromatic N) is 3. The van der Waals surface area contributed by atoms with E-state index in [9.17, 15) is 0 Å². The van der Waals surface area contributed by atoms with Crippen molar-refractivity contribution >= 4 is 0 Å². The Bertz CT molecular complexity index is 575. The zero-order valence-electron chi connectivity index (χ0n) is 11.2. The lowest BCUT2D eigenvalue weighted by Gasteiger charge is -2.12. The van der Waals surface area contributed by atoms with Gasteiger partial charge < -0.3 is 10.5 Å². The zero-order valence-corrected chi connectivity index (χ0v) is 11.2. The molecule has 0 spiro atoms. The Morgan fingerprint density at radius 2 is 1.94 bits per heavy atom. The number of nitrogens with two attached hydrogens (primary N) is 1. The lowest BCUT2D eigenvalue weighted by molar-refractivity contribution is 0.409. The largest absolute Gasteiger partial charge is 0.421 e. The second-order valence-corrected chi connectivity index (χ2v) is 4.42. The molecule has 0 atom stereocenters. The average molecular weight is 246 g/mol. The number of hydrogen-bond donors (Lipinski definition) is 1. The molecule has 0 fully saturated rings. The summed E-state index contributed by atoms with van der Waals surface area (Å²) in [4.78, 5) is 4.41. The van der Waals surface area contributed by atoms with Crippen molar-refractivity contribution in [2.24, 2.45) is 12.8 Å². The van der Waals surface area contributed by atoms with Gasteiger partial charge in [-0.15, -0.1) is 0 Å². The average Bonchev–Trinajstić information content (AvgIpc) is 2.57. The maximum atomic E-state index is 5.82. The lowest BCUT2D eigenvalue weighted by Crippen LogP contribution is -2.06. The smallest absolute Gasteiger partial charge is 0.226 e. The second kappa shape index (κ2) is 4.78. The van der Waals surface area contributed by atoms with Gasteiger partial charge in [-0.2, -0.15) is 5.10 Å². The molecule has 5 heteroatoms. The number of rotatable bonds is 3. The summed E-state index contributed by atoms with van der Waals surface area (Å²) in [5.41, 5.74) is 9.61. The highest BCUT2D eigenvalue weighted by Crippen LogP contribution is 2.26. The van der Waals surface area contributed by atoms with Crippen LogP contribution in [0, 0.1) is 20.8 Å². The van der Waals surface area contributed by atoms with E-state index in [4.69, 9.17) is 10.5 Å². The molecule has 18 heavy (non-hydrogen) atoms. The third kappa shape index (κ3) is 2.36. The Morgan fingerprint density at radius 3 is 2.50 bits per heavy atom. The van der Waals surface area contributed by atoms with Gasteiger partial charge in [0.05, 0.1) is 5.69 Å². The molecule has 2 N–H and O–H groups in total. The highest BCUT2D eigenvalue weighted by atomic mass is 16.5. The van der Waals surface area contributed by atoms with Gasteiger partial charge in [-0.1, -0.05) is 0 Å². The summed E-state index contributed by atoms with van der Waals surface area (Å²) in [6.45, 7) is 6.28. The quantitative estimate of drug-likeness (QED) is 0.899. The van der Waals surface area contributed by atoms with Crippen molar-refractivity contribution in [2.45, 2.75) is 27.3 Å². The molecular formula is C13H18N4O. The minimum absolute atomic E-state index is 0.408. The Hall–Kier alpha value is -1.88. The molecule has 0 amide bonds. The first kappa shape index (κ1) is 12.6. The Morgan fingerprint density at radius 1 is 1.22 bits per heavy atom. The maximum absolute atomic E-state index is 5.82. The number of hydrogen-bond acceptors (Lipinski definition) is 4. The molecule has 2 aromatic rings. The topological polar surface area (TPSA) is 66.0 Å². The highest BCUT2D eigenvalue weighted by molar-refractivity contribution is 5.37. The van der Waals surface area contributed by atoms with Crippen LogP contribution in [0.4, 0.5) is 0 Å². The first-order chi connectivity index (χ1) is 8.51. The van der Waals surface area contributed by atoms with Gasteiger partial charge in [-0.25, -0.2) is 9.67 Å². The molecule has 0 saturated heterocycles. The zero-order chi connectivity index (χ0) is 13.3. The monoisotopic (exact) mass is 246 g/mol. The SMILES string of the molecule is Cc1cc(C)c(CN)c(Oc2cc(C)nn2C)n1. The van der Waals surface area contributed by atoms with E-state index in [0.29, 0.717) is 18.3 Å². The highest BCUT2D eigenvalue weighted by Gasteiger charge is 2.12. The molecule has 96 valence electrons. The molecule has 0 bridgehead atoms. The predicted molar refractivity (Wildman–Crippen MR) is 69.6 cm³/mol. The fourth-order valence-corrected chi connectivity index (χ4v) is 1.94. The Labute approximate surface area is 107 Å². The van der Waals surface area contributed by atoms with Crippen LogP contribution in [0.5, 0.6) is 11.8 Å². The molecule has 5 nitrogen and oxygen atoms in total. The summed E-state index contributed by atoms with van der Waals surface area (Å²) in [6.07, 6.45) is 0. The molecule has 2 heterocycles. The van der Waals surface area contributed by atoms with Crippen molar-refractivity contribution < 1.29 is 4.74 Å². The van der Waals surface area contributed by atoms with Crippen LogP contribution in [0.1, 0.15) is 22.5 Å². The van der Waals surface area contributed by atoms with Crippen molar-refractivity contribution in [1.82, 2.24) is 14.8 Å². The van der Waals surface area contributed by atoms with E-state index in [1.165, 1.54) is 0 Å². The summed E-state index contributed by atoms with van der Waals surface area (Å²) in [5, 5.41) is 4.24. The van der Waals surface area contributed by atoms with Crippen molar-refractivity contribution in [1.29, 1.82) is 0 Å². The van der Waals surface area contributed by atoms with Gasteiger partial charge in [0.2, 0.25) is 11.8 Å². The van der Waals surface area contributed by atoms with Crippen LogP contribution < -0.4 is 10.5 Å². The third-order valence-electron chi connectivity index (χ3n) is 2.80. The fraction of sp³-hybridized carbons (Fsp3) is 0.385. The van der Waals surface area contributed by atoms with Gasteiger partial charge in [-0.3, -0.25) is 0 Å². The minimum atomic E-state index is 0.408. The van der Waals surface area contributed by atoms with Gasteiger partial charge in [0, 0.05) is 30.9 Å². The molecule has 2 aromatic heterocycles. The van der Waals surface area contributed by atoms with Crippen molar-refractivity contribution in [2.75, 3.05) is 0 Å². The Balaban J connectivity index is 2.42. The fourth-order valence-electron chi connectivity index (χ4n) is 1.94. The minimum Gasteiger partial charge on any atom is -0.421 e. The third-order valence-corrected chi connectivity index (χ3v) is 2.80. The molecule has 0 saturated carbocycles. The molecule has 0 aliphatic heterocycles. The summed E-state index contributed by atoms with van der Waals surface area (Å²) >= 11 is 0.